The van der Waals surface area contributed by atoms with Gasteiger partial charge in [-0.2, -0.15) is 0 Å². The number of likely N-dealkylation sites (tertiary alicyclic amines) is 1. The molecule has 1 unspecified atom stereocenters. The second-order valence-corrected chi connectivity index (χ2v) is 7.10. The third kappa shape index (κ3) is 3.00. The monoisotopic (exact) mass is 341 g/mol. The predicted octanol–water partition coefficient (Wildman–Crippen LogP) is 2.61. The van der Waals surface area contributed by atoms with Crippen LogP contribution >= 0.6 is 11.3 Å². The number of aliphatic hydroxyl groups is 1. The van der Waals surface area contributed by atoms with Crippen molar-refractivity contribution >= 4 is 21.6 Å². The number of aromatic nitrogens is 2. The zero-order chi connectivity index (χ0) is 16.5. The quantitative estimate of drug-likeness (QED) is 0.768. The molecule has 5 nitrogen and oxygen atoms in total. The van der Waals surface area contributed by atoms with E-state index in [1.54, 1.807) is 0 Å². The summed E-state index contributed by atoms with van der Waals surface area (Å²) < 4.78 is 0. The normalized spacial score (nSPS) is 19.0. The minimum atomic E-state index is -0.277. The summed E-state index contributed by atoms with van der Waals surface area (Å²) in [5, 5.41) is 12.4. The molecule has 2 aromatic heterocycles. The maximum atomic E-state index is 12.6. The summed E-state index contributed by atoms with van der Waals surface area (Å²) in [5.74, 6) is 0.670. The second-order valence-electron chi connectivity index (χ2n) is 6.24. The number of aromatic amines is 1. The number of H-pyrrole nitrogens is 1. The predicted molar refractivity (Wildman–Crippen MR) is 96.2 cm³/mol. The van der Waals surface area contributed by atoms with Crippen molar-refractivity contribution in [3.8, 4) is 11.1 Å². The molecule has 3 aromatic rings. The van der Waals surface area contributed by atoms with Crippen molar-refractivity contribution in [2.75, 3.05) is 13.1 Å². The molecule has 1 aliphatic heterocycles. The maximum absolute atomic E-state index is 12.6. The number of hydrogen-bond acceptors (Lipinski definition) is 5. The number of rotatable bonds is 3. The van der Waals surface area contributed by atoms with Crippen molar-refractivity contribution in [1.29, 1.82) is 0 Å². The highest BCUT2D eigenvalue weighted by Crippen LogP contribution is 2.30. The molecule has 0 aliphatic carbocycles. The lowest BCUT2D eigenvalue weighted by atomic mass is 10.1. The summed E-state index contributed by atoms with van der Waals surface area (Å²) in [6.45, 7) is 2.14. The standard InChI is InChI=1S/C18H19N3O2S/c22-13-7-4-8-21(9-13)10-15-19-17(23)16-14(11-24-18(16)20-15)12-5-2-1-3-6-12/h1-3,5-6,11,13,22H,4,7-10H2,(H,19,20,23). The van der Waals surface area contributed by atoms with Gasteiger partial charge in [0.2, 0.25) is 0 Å². The van der Waals surface area contributed by atoms with Crippen molar-refractivity contribution in [1.82, 2.24) is 14.9 Å². The summed E-state index contributed by atoms with van der Waals surface area (Å²) in [7, 11) is 0. The lowest BCUT2D eigenvalue weighted by Crippen LogP contribution is -2.38. The Kier molecular flexibility index (Phi) is 4.18. The average Bonchev–Trinajstić information content (AvgIpc) is 3.00. The molecule has 3 heterocycles. The Morgan fingerprint density at radius 2 is 2.17 bits per heavy atom. The number of nitrogens with zero attached hydrogens (tertiary/aromatic N) is 2. The first-order valence-electron chi connectivity index (χ1n) is 8.17. The van der Waals surface area contributed by atoms with Gasteiger partial charge in [-0.3, -0.25) is 9.69 Å². The van der Waals surface area contributed by atoms with E-state index in [2.05, 4.69) is 14.9 Å². The number of nitrogens with one attached hydrogen (secondary N) is 1. The van der Waals surface area contributed by atoms with Crippen molar-refractivity contribution in [2.24, 2.45) is 0 Å². The van der Waals surface area contributed by atoms with Crippen molar-refractivity contribution in [3.05, 3.63) is 51.9 Å². The Labute approximate surface area is 143 Å². The smallest absolute Gasteiger partial charge is 0.260 e. The van der Waals surface area contributed by atoms with E-state index in [0.29, 0.717) is 24.3 Å². The second kappa shape index (κ2) is 6.47. The number of thiophene rings is 1. The lowest BCUT2D eigenvalue weighted by molar-refractivity contribution is 0.0655. The number of aliphatic hydroxyl groups excluding tert-OH is 1. The highest BCUT2D eigenvalue weighted by molar-refractivity contribution is 7.17. The molecular formula is C18H19N3O2S. The molecule has 0 saturated carbocycles. The number of β-amino-alcohol motifs (C(OH)–C–C–N with tert-alkyl or cyclic N) is 1. The van der Waals surface area contributed by atoms with Crippen LogP contribution in [0, 0.1) is 0 Å². The molecule has 24 heavy (non-hydrogen) atoms. The van der Waals surface area contributed by atoms with Gasteiger partial charge < -0.3 is 10.1 Å². The Bertz CT molecular complexity index is 904. The van der Waals surface area contributed by atoms with Gasteiger partial charge in [0.1, 0.15) is 10.7 Å². The Morgan fingerprint density at radius 3 is 2.96 bits per heavy atom. The molecule has 2 N–H and O–H groups in total. The molecule has 1 aromatic carbocycles. The molecule has 1 aliphatic rings. The zero-order valence-electron chi connectivity index (χ0n) is 13.2. The van der Waals surface area contributed by atoms with Crippen molar-refractivity contribution in [3.63, 3.8) is 0 Å². The van der Waals surface area contributed by atoms with Crippen LogP contribution in [0.25, 0.3) is 21.3 Å². The lowest BCUT2D eigenvalue weighted by Gasteiger charge is -2.29. The summed E-state index contributed by atoms with van der Waals surface area (Å²) in [5.41, 5.74) is 1.87. The zero-order valence-corrected chi connectivity index (χ0v) is 14.1. The van der Waals surface area contributed by atoms with E-state index in [0.717, 1.165) is 35.3 Å². The molecule has 1 saturated heterocycles. The topological polar surface area (TPSA) is 69.2 Å². The third-order valence-electron chi connectivity index (χ3n) is 4.43. The molecule has 0 amide bonds. The van der Waals surface area contributed by atoms with Gasteiger partial charge >= 0.3 is 0 Å². The van der Waals surface area contributed by atoms with E-state index in [1.807, 2.05) is 35.7 Å². The molecule has 6 heteroatoms. The highest BCUT2D eigenvalue weighted by Gasteiger charge is 2.19. The molecule has 0 bridgehead atoms. The van der Waals surface area contributed by atoms with E-state index in [-0.39, 0.29) is 11.7 Å². The van der Waals surface area contributed by atoms with Crippen LogP contribution in [0.1, 0.15) is 18.7 Å². The summed E-state index contributed by atoms with van der Waals surface area (Å²) in [4.78, 5) is 23.1. The fourth-order valence-corrected chi connectivity index (χ4v) is 4.25. The van der Waals surface area contributed by atoms with Crippen LogP contribution in [-0.2, 0) is 6.54 Å². The minimum absolute atomic E-state index is 0.0901. The number of benzene rings is 1. The molecule has 1 fully saturated rings. The van der Waals surface area contributed by atoms with Crippen LogP contribution in [0.5, 0.6) is 0 Å². The highest BCUT2D eigenvalue weighted by atomic mass is 32.1. The first-order chi connectivity index (χ1) is 11.7. The molecule has 0 radical (unpaired) electrons. The molecule has 4 rings (SSSR count). The molecule has 0 spiro atoms. The van der Waals surface area contributed by atoms with Gasteiger partial charge in [0.05, 0.1) is 18.0 Å². The Morgan fingerprint density at radius 1 is 1.33 bits per heavy atom. The fraction of sp³-hybridized carbons (Fsp3) is 0.333. The van der Waals surface area contributed by atoms with E-state index in [1.165, 1.54) is 11.3 Å². The van der Waals surface area contributed by atoms with Crippen LogP contribution in [0.15, 0.2) is 40.5 Å². The summed E-state index contributed by atoms with van der Waals surface area (Å²) in [6, 6.07) is 9.91. The number of piperidine rings is 1. The SMILES string of the molecule is O=c1[nH]c(CN2CCCC(O)C2)nc2scc(-c3ccccc3)c12. The average molecular weight is 341 g/mol. The fourth-order valence-electron chi connectivity index (χ4n) is 3.29. The Hall–Kier alpha value is -2.02. The van der Waals surface area contributed by atoms with Gasteiger partial charge in [-0.05, 0) is 24.9 Å². The molecular weight excluding hydrogens is 322 g/mol. The van der Waals surface area contributed by atoms with Gasteiger partial charge in [0, 0.05) is 17.5 Å². The van der Waals surface area contributed by atoms with Crippen LogP contribution in [0.2, 0.25) is 0 Å². The van der Waals surface area contributed by atoms with Crippen LogP contribution < -0.4 is 5.56 Å². The van der Waals surface area contributed by atoms with E-state index in [4.69, 9.17) is 0 Å². The van der Waals surface area contributed by atoms with Crippen molar-refractivity contribution in [2.45, 2.75) is 25.5 Å². The van der Waals surface area contributed by atoms with Crippen molar-refractivity contribution < 1.29 is 5.11 Å². The number of fused-ring (bicyclic) bond motifs is 1. The first-order valence-corrected chi connectivity index (χ1v) is 9.05. The van der Waals surface area contributed by atoms with Gasteiger partial charge in [0.25, 0.3) is 5.56 Å². The molecule has 124 valence electrons. The minimum Gasteiger partial charge on any atom is -0.392 e. The molecule has 1 atom stereocenters. The van der Waals surface area contributed by atoms with Gasteiger partial charge in [-0.15, -0.1) is 11.3 Å². The largest absolute Gasteiger partial charge is 0.392 e. The van der Waals surface area contributed by atoms with E-state index < -0.39 is 0 Å². The third-order valence-corrected chi connectivity index (χ3v) is 5.30. The van der Waals surface area contributed by atoms with Crippen LogP contribution in [0.3, 0.4) is 0 Å². The van der Waals surface area contributed by atoms with Crippen LogP contribution in [-0.4, -0.2) is 39.2 Å². The van der Waals surface area contributed by atoms with Crippen LogP contribution in [0.4, 0.5) is 0 Å². The number of hydrogen-bond donors (Lipinski definition) is 2. The van der Waals surface area contributed by atoms with Gasteiger partial charge in [-0.25, -0.2) is 4.98 Å². The van der Waals surface area contributed by atoms with Gasteiger partial charge in [0.15, 0.2) is 0 Å². The maximum Gasteiger partial charge on any atom is 0.260 e. The Balaban J connectivity index is 1.68. The summed E-state index contributed by atoms with van der Waals surface area (Å²) >= 11 is 1.50. The first kappa shape index (κ1) is 15.5. The van der Waals surface area contributed by atoms with Gasteiger partial charge in [-0.1, -0.05) is 30.3 Å². The van der Waals surface area contributed by atoms with E-state index >= 15 is 0 Å². The van der Waals surface area contributed by atoms with E-state index in [9.17, 15) is 9.90 Å². The summed E-state index contributed by atoms with van der Waals surface area (Å²) in [6.07, 6.45) is 1.55.